The van der Waals surface area contributed by atoms with Crippen molar-refractivity contribution < 1.29 is 14.3 Å². The molecule has 0 aromatic carbocycles. The van der Waals surface area contributed by atoms with Crippen LogP contribution >= 0.6 is 0 Å². The summed E-state index contributed by atoms with van der Waals surface area (Å²) in [6, 6.07) is 0. The van der Waals surface area contributed by atoms with E-state index in [4.69, 9.17) is 4.74 Å². The van der Waals surface area contributed by atoms with Gasteiger partial charge < -0.3 is 9.47 Å². The molecule has 0 spiro atoms. The van der Waals surface area contributed by atoms with Crippen LogP contribution in [0, 0.1) is 11.8 Å². The molecule has 1 aliphatic heterocycles. The van der Waals surface area contributed by atoms with E-state index in [9.17, 15) is 4.79 Å². The van der Waals surface area contributed by atoms with Gasteiger partial charge in [0.05, 0.1) is 19.3 Å². The van der Waals surface area contributed by atoms with Crippen LogP contribution in [0.5, 0.6) is 0 Å². The lowest BCUT2D eigenvalue weighted by molar-refractivity contribution is -0.140. The van der Waals surface area contributed by atoms with Gasteiger partial charge in [0.15, 0.2) is 0 Å². The van der Waals surface area contributed by atoms with Crippen molar-refractivity contribution in [2.24, 2.45) is 11.8 Å². The molecular formula is C21H40O3. The molecule has 1 saturated heterocycles. The Hall–Kier alpha value is -0.570. The maximum absolute atomic E-state index is 11.0. The normalized spacial score (nSPS) is 26.7. The smallest absolute Gasteiger partial charge is 0.305 e. The second-order valence-electron chi connectivity index (χ2n) is 7.66. The fourth-order valence-corrected chi connectivity index (χ4v) is 3.87. The predicted octanol–water partition coefficient (Wildman–Crippen LogP) is 5.90. The summed E-state index contributed by atoms with van der Waals surface area (Å²) < 4.78 is 10.9. The number of rotatable bonds is 13. The lowest BCUT2D eigenvalue weighted by Crippen LogP contribution is -2.16. The van der Waals surface area contributed by atoms with Crippen molar-refractivity contribution in [2.75, 3.05) is 7.11 Å². The van der Waals surface area contributed by atoms with Crippen LogP contribution in [0.2, 0.25) is 0 Å². The van der Waals surface area contributed by atoms with E-state index in [-0.39, 0.29) is 5.97 Å². The van der Waals surface area contributed by atoms with Crippen molar-refractivity contribution in [3.63, 3.8) is 0 Å². The molecule has 0 bridgehead atoms. The number of carbonyl (C=O) groups is 1. The van der Waals surface area contributed by atoms with Gasteiger partial charge in [0.1, 0.15) is 0 Å². The average Bonchev–Trinajstić information content (AvgIpc) is 2.84. The molecule has 1 rings (SSSR count). The van der Waals surface area contributed by atoms with Crippen LogP contribution in [0.25, 0.3) is 0 Å². The van der Waals surface area contributed by atoms with Crippen molar-refractivity contribution in [1.82, 2.24) is 0 Å². The molecule has 3 heteroatoms. The first-order valence-electron chi connectivity index (χ1n) is 10.3. The number of hydrogen-bond acceptors (Lipinski definition) is 3. The summed E-state index contributed by atoms with van der Waals surface area (Å²) in [5, 5.41) is 0. The zero-order chi connectivity index (χ0) is 17.8. The van der Waals surface area contributed by atoms with Gasteiger partial charge >= 0.3 is 5.97 Å². The minimum absolute atomic E-state index is 0.0751. The third kappa shape index (κ3) is 8.00. The maximum atomic E-state index is 11.0. The topological polar surface area (TPSA) is 35.5 Å². The highest BCUT2D eigenvalue weighted by Gasteiger charge is 2.37. The second kappa shape index (κ2) is 12.7. The number of methoxy groups -OCH3 is 1. The van der Waals surface area contributed by atoms with E-state index in [1.54, 1.807) is 0 Å². The monoisotopic (exact) mass is 340 g/mol. The highest BCUT2D eigenvalue weighted by molar-refractivity contribution is 5.68. The van der Waals surface area contributed by atoms with Crippen molar-refractivity contribution in [3.05, 3.63) is 0 Å². The summed E-state index contributed by atoms with van der Waals surface area (Å²) in [7, 11) is 1.46. The first kappa shape index (κ1) is 21.5. The summed E-state index contributed by atoms with van der Waals surface area (Å²) >= 11 is 0. The van der Waals surface area contributed by atoms with Crippen LogP contribution in [0.15, 0.2) is 0 Å². The summed E-state index contributed by atoms with van der Waals surface area (Å²) in [5.41, 5.74) is 0. The Morgan fingerprint density at radius 1 is 0.833 bits per heavy atom. The molecule has 0 aromatic rings. The van der Waals surface area contributed by atoms with Gasteiger partial charge in [-0.05, 0) is 31.1 Å². The fraction of sp³-hybridized carbons (Fsp3) is 0.952. The van der Waals surface area contributed by atoms with E-state index in [1.807, 2.05) is 0 Å². The molecule has 1 fully saturated rings. The Bertz CT molecular complexity index is 329. The van der Waals surface area contributed by atoms with E-state index in [0.29, 0.717) is 18.6 Å². The molecule has 0 amide bonds. The Morgan fingerprint density at radius 2 is 1.33 bits per heavy atom. The molecule has 1 aliphatic rings. The molecule has 0 N–H and O–H groups in total. The molecule has 4 atom stereocenters. The zero-order valence-electron chi connectivity index (χ0n) is 16.5. The minimum atomic E-state index is -0.0751. The minimum Gasteiger partial charge on any atom is -0.469 e. The molecule has 24 heavy (non-hydrogen) atoms. The highest BCUT2D eigenvalue weighted by atomic mass is 16.5. The Balaban J connectivity index is 1.94. The zero-order valence-corrected chi connectivity index (χ0v) is 16.5. The lowest BCUT2D eigenvalue weighted by Gasteiger charge is -2.15. The van der Waals surface area contributed by atoms with Gasteiger partial charge in [-0.1, -0.05) is 72.1 Å². The van der Waals surface area contributed by atoms with Gasteiger partial charge in [0.2, 0.25) is 0 Å². The summed E-state index contributed by atoms with van der Waals surface area (Å²) in [6.45, 7) is 6.99. The molecule has 3 nitrogen and oxygen atoms in total. The first-order chi connectivity index (χ1) is 11.6. The maximum Gasteiger partial charge on any atom is 0.305 e. The summed E-state index contributed by atoms with van der Waals surface area (Å²) in [6.07, 6.45) is 15.2. The molecule has 4 unspecified atom stereocenters. The van der Waals surface area contributed by atoms with Crippen molar-refractivity contribution in [3.8, 4) is 0 Å². The van der Waals surface area contributed by atoms with Gasteiger partial charge in [-0.25, -0.2) is 0 Å². The van der Waals surface area contributed by atoms with E-state index >= 15 is 0 Å². The van der Waals surface area contributed by atoms with Crippen molar-refractivity contribution in [1.29, 1.82) is 0 Å². The Labute approximate surface area is 149 Å². The molecule has 1 heterocycles. The number of unbranched alkanes of at least 4 members (excludes halogenated alkanes) is 7. The van der Waals surface area contributed by atoms with E-state index in [2.05, 4.69) is 25.5 Å². The van der Waals surface area contributed by atoms with Crippen LogP contribution in [0.1, 0.15) is 97.8 Å². The molecule has 142 valence electrons. The van der Waals surface area contributed by atoms with Gasteiger partial charge in [-0.15, -0.1) is 0 Å². The highest BCUT2D eigenvalue weighted by Crippen LogP contribution is 2.36. The van der Waals surface area contributed by atoms with Crippen LogP contribution in [0.4, 0.5) is 0 Å². The Morgan fingerprint density at radius 3 is 1.88 bits per heavy atom. The number of carbonyl (C=O) groups excluding carboxylic acids is 1. The predicted molar refractivity (Wildman–Crippen MR) is 100 cm³/mol. The van der Waals surface area contributed by atoms with E-state index in [1.165, 1.54) is 64.9 Å². The fourth-order valence-electron chi connectivity index (χ4n) is 3.87. The first-order valence-corrected chi connectivity index (χ1v) is 10.3. The molecular weight excluding hydrogens is 300 g/mol. The van der Waals surface area contributed by atoms with E-state index in [0.717, 1.165) is 24.7 Å². The average molecular weight is 341 g/mol. The third-order valence-corrected chi connectivity index (χ3v) is 5.77. The van der Waals surface area contributed by atoms with Crippen LogP contribution in [-0.2, 0) is 14.3 Å². The van der Waals surface area contributed by atoms with Gasteiger partial charge in [-0.3, -0.25) is 4.79 Å². The number of hydrogen-bond donors (Lipinski definition) is 0. The van der Waals surface area contributed by atoms with Crippen LogP contribution < -0.4 is 0 Å². The van der Waals surface area contributed by atoms with E-state index < -0.39 is 0 Å². The molecule has 0 radical (unpaired) electrons. The van der Waals surface area contributed by atoms with Crippen LogP contribution in [-0.4, -0.2) is 25.3 Å². The van der Waals surface area contributed by atoms with Gasteiger partial charge in [0.25, 0.3) is 0 Å². The SMILES string of the molecule is CCCC1OC(CCCCCCCCCCC(=O)OC)C(C)C1C. The molecule has 0 saturated carbocycles. The van der Waals surface area contributed by atoms with Crippen molar-refractivity contribution in [2.45, 2.75) is 110 Å². The molecule has 0 aliphatic carbocycles. The summed E-state index contributed by atoms with van der Waals surface area (Å²) in [5.74, 6) is 1.37. The lowest BCUT2D eigenvalue weighted by atomic mass is 9.87. The summed E-state index contributed by atoms with van der Waals surface area (Å²) in [4.78, 5) is 11.0. The third-order valence-electron chi connectivity index (χ3n) is 5.77. The standard InChI is InChI=1S/C21H40O3/c1-5-14-19-17(2)18(3)20(24-19)15-12-10-8-6-7-9-11-13-16-21(22)23-4/h17-20H,5-16H2,1-4H3. The van der Waals surface area contributed by atoms with Crippen LogP contribution in [0.3, 0.4) is 0 Å². The largest absolute Gasteiger partial charge is 0.469 e. The number of ether oxygens (including phenoxy) is 2. The van der Waals surface area contributed by atoms with Gasteiger partial charge in [0, 0.05) is 6.42 Å². The Kier molecular flexibility index (Phi) is 11.4. The van der Waals surface area contributed by atoms with Crippen molar-refractivity contribution >= 4 is 5.97 Å². The quantitative estimate of drug-likeness (QED) is 0.309. The molecule has 0 aromatic heterocycles. The van der Waals surface area contributed by atoms with Gasteiger partial charge in [-0.2, -0.15) is 0 Å². The second-order valence-corrected chi connectivity index (χ2v) is 7.66. The number of esters is 1.